The first kappa shape index (κ1) is 17.7. The van der Waals surface area contributed by atoms with Crippen LogP contribution in [0, 0.1) is 17.0 Å². The summed E-state index contributed by atoms with van der Waals surface area (Å²) in [6.07, 6.45) is 3.60. The lowest BCUT2D eigenvalue weighted by atomic mass is 9.78. The van der Waals surface area contributed by atoms with Crippen molar-refractivity contribution in [3.8, 4) is 0 Å². The Bertz CT molecular complexity index is 868. The maximum absolute atomic E-state index is 13.5. The van der Waals surface area contributed by atoms with Crippen LogP contribution >= 0.6 is 0 Å². The Morgan fingerprint density at radius 2 is 2.00 bits per heavy atom. The zero-order valence-electron chi connectivity index (χ0n) is 14.8. The van der Waals surface area contributed by atoms with E-state index in [0.717, 1.165) is 25.0 Å². The fourth-order valence-electron chi connectivity index (χ4n) is 4.14. The Kier molecular flexibility index (Phi) is 4.45. The second-order valence-corrected chi connectivity index (χ2v) is 7.31. The van der Waals surface area contributed by atoms with Crippen LogP contribution in [0.4, 0.5) is 8.78 Å². The molecule has 7 heteroatoms. The van der Waals surface area contributed by atoms with Crippen LogP contribution in [-0.4, -0.2) is 41.2 Å². The highest BCUT2D eigenvalue weighted by atomic mass is 19.2. The Labute approximate surface area is 155 Å². The molecule has 2 aliphatic heterocycles. The highest BCUT2D eigenvalue weighted by molar-refractivity contribution is 5.93. The van der Waals surface area contributed by atoms with Crippen LogP contribution in [0.1, 0.15) is 35.4 Å². The van der Waals surface area contributed by atoms with Crippen molar-refractivity contribution in [2.75, 3.05) is 19.6 Å². The molecule has 5 nitrogen and oxygen atoms in total. The van der Waals surface area contributed by atoms with Gasteiger partial charge in [0.1, 0.15) is 0 Å². The van der Waals surface area contributed by atoms with Crippen molar-refractivity contribution in [1.29, 1.82) is 0 Å². The number of benzene rings is 1. The monoisotopic (exact) mass is 374 g/mol. The van der Waals surface area contributed by atoms with Gasteiger partial charge in [0.15, 0.2) is 17.4 Å². The Balaban J connectivity index is 1.48. The standard InChI is InChI=1S/C20H20F2N2O3/c21-15-5-4-14(11-16(15)22)12-23-8-2-6-20(19(23)26)7-9-24(13-20)18(25)17-3-1-10-27-17/h1,3-5,10-11H,2,6-9,12-13H2/t20-/m1/s1. The molecule has 1 aromatic heterocycles. The molecular formula is C20H20F2N2O3. The van der Waals surface area contributed by atoms with Crippen LogP contribution in [0.5, 0.6) is 0 Å². The van der Waals surface area contributed by atoms with Crippen molar-refractivity contribution in [2.45, 2.75) is 25.8 Å². The number of furan rings is 1. The molecule has 0 aliphatic carbocycles. The summed E-state index contributed by atoms with van der Waals surface area (Å²) in [5, 5.41) is 0. The smallest absolute Gasteiger partial charge is 0.289 e. The van der Waals surface area contributed by atoms with E-state index in [2.05, 4.69) is 0 Å². The number of hydrogen-bond donors (Lipinski definition) is 0. The lowest BCUT2D eigenvalue weighted by Gasteiger charge is -2.39. The summed E-state index contributed by atoms with van der Waals surface area (Å²) < 4.78 is 31.8. The van der Waals surface area contributed by atoms with E-state index in [0.29, 0.717) is 31.6 Å². The first-order valence-electron chi connectivity index (χ1n) is 9.05. The summed E-state index contributed by atoms with van der Waals surface area (Å²) in [5.41, 5.74) is -0.0418. The summed E-state index contributed by atoms with van der Waals surface area (Å²) in [7, 11) is 0. The maximum Gasteiger partial charge on any atom is 0.289 e. The highest BCUT2D eigenvalue weighted by Crippen LogP contribution is 2.41. The number of hydrogen-bond acceptors (Lipinski definition) is 3. The van der Waals surface area contributed by atoms with Crippen molar-refractivity contribution >= 4 is 11.8 Å². The number of nitrogens with zero attached hydrogens (tertiary/aromatic N) is 2. The molecular weight excluding hydrogens is 354 g/mol. The Morgan fingerprint density at radius 1 is 1.15 bits per heavy atom. The van der Waals surface area contributed by atoms with Crippen LogP contribution in [0.15, 0.2) is 41.0 Å². The Morgan fingerprint density at radius 3 is 2.74 bits per heavy atom. The van der Waals surface area contributed by atoms with E-state index in [-0.39, 0.29) is 24.1 Å². The summed E-state index contributed by atoms with van der Waals surface area (Å²) in [6.45, 7) is 1.68. The van der Waals surface area contributed by atoms with E-state index in [4.69, 9.17) is 4.42 Å². The van der Waals surface area contributed by atoms with Gasteiger partial charge in [-0.25, -0.2) is 8.78 Å². The summed E-state index contributed by atoms with van der Waals surface area (Å²) in [6, 6.07) is 6.98. The molecule has 2 aromatic rings. The number of piperidine rings is 1. The molecule has 3 heterocycles. The van der Waals surface area contributed by atoms with Gasteiger partial charge in [-0.3, -0.25) is 9.59 Å². The molecule has 0 unspecified atom stereocenters. The molecule has 0 N–H and O–H groups in total. The lowest BCUT2D eigenvalue weighted by molar-refractivity contribution is -0.146. The number of likely N-dealkylation sites (tertiary alicyclic amines) is 2. The van der Waals surface area contributed by atoms with Gasteiger partial charge < -0.3 is 14.2 Å². The highest BCUT2D eigenvalue weighted by Gasteiger charge is 2.49. The topological polar surface area (TPSA) is 53.8 Å². The van der Waals surface area contributed by atoms with Gasteiger partial charge in [0.25, 0.3) is 5.91 Å². The number of rotatable bonds is 3. The molecule has 1 aromatic carbocycles. The predicted molar refractivity (Wildman–Crippen MR) is 92.7 cm³/mol. The normalized spacial score (nSPS) is 22.7. The second-order valence-electron chi connectivity index (χ2n) is 7.31. The molecule has 2 aliphatic rings. The second kappa shape index (κ2) is 6.79. The zero-order valence-corrected chi connectivity index (χ0v) is 14.8. The van der Waals surface area contributed by atoms with Crippen molar-refractivity contribution in [1.82, 2.24) is 9.80 Å². The van der Waals surface area contributed by atoms with Gasteiger partial charge in [-0.05, 0) is 49.1 Å². The van der Waals surface area contributed by atoms with Crippen LogP contribution in [0.25, 0.3) is 0 Å². The first-order chi connectivity index (χ1) is 13.0. The third-order valence-corrected chi connectivity index (χ3v) is 5.55. The lowest BCUT2D eigenvalue weighted by Crippen LogP contribution is -2.50. The minimum atomic E-state index is -0.914. The van der Waals surface area contributed by atoms with Gasteiger partial charge in [-0.2, -0.15) is 0 Å². The molecule has 142 valence electrons. The molecule has 27 heavy (non-hydrogen) atoms. The van der Waals surface area contributed by atoms with Gasteiger partial charge in [-0.1, -0.05) is 6.07 Å². The summed E-state index contributed by atoms with van der Waals surface area (Å²) in [4.78, 5) is 29.0. The first-order valence-corrected chi connectivity index (χ1v) is 9.05. The van der Waals surface area contributed by atoms with Crippen LogP contribution in [0.3, 0.4) is 0 Å². The van der Waals surface area contributed by atoms with Crippen LogP contribution in [-0.2, 0) is 11.3 Å². The van der Waals surface area contributed by atoms with E-state index in [1.54, 1.807) is 21.9 Å². The third-order valence-electron chi connectivity index (χ3n) is 5.55. The number of carbonyl (C=O) groups is 2. The largest absolute Gasteiger partial charge is 0.459 e. The minimum Gasteiger partial charge on any atom is -0.459 e. The molecule has 0 saturated carbocycles. The Hall–Kier alpha value is -2.70. The number of amides is 2. The van der Waals surface area contributed by atoms with E-state index in [1.165, 1.54) is 12.3 Å². The van der Waals surface area contributed by atoms with Crippen molar-refractivity contribution in [3.63, 3.8) is 0 Å². The van der Waals surface area contributed by atoms with Crippen LogP contribution in [0.2, 0.25) is 0 Å². The minimum absolute atomic E-state index is 0.0202. The predicted octanol–water partition coefficient (Wildman–Crippen LogP) is 3.21. The van der Waals surface area contributed by atoms with Crippen molar-refractivity contribution < 1.29 is 22.8 Å². The van der Waals surface area contributed by atoms with E-state index >= 15 is 0 Å². The van der Waals surface area contributed by atoms with E-state index in [9.17, 15) is 18.4 Å². The average molecular weight is 374 g/mol. The van der Waals surface area contributed by atoms with Crippen molar-refractivity contribution in [3.05, 3.63) is 59.6 Å². The fourth-order valence-corrected chi connectivity index (χ4v) is 4.14. The van der Waals surface area contributed by atoms with Gasteiger partial charge in [-0.15, -0.1) is 0 Å². The molecule has 1 spiro atoms. The van der Waals surface area contributed by atoms with Crippen LogP contribution < -0.4 is 0 Å². The molecule has 0 radical (unpaired) electrons. The molecule has 2 amide bonds. The quantitative estimate of drug-likeness (QED) is 0.829. The van der Waals surface area contributed by atoms with Gasteiger partial charge >= 0.3 is 0 Å². The average Bonchev–Trinajstić information content (AvgIpc) is 3.33. The van der Waals surface area contributed by atoms with Gasteiger partial charge in [0, 0.05) is 26.2 Å². The SMILES string of the molecule is O=C(c1ccco1)N1CC[C@]2(CCCN(Cc3ccc(F)c(F)c3)C2=O)C1. The van der Waals surface area contributed by atoms with E-state index in [1.807, 2.05) is 0 Å². The molecule has 1 atom stereocenters. The number of halogens is 2. The van der Waals surface area contributed by atoms with Gasteiger partial charge in [0.05, 0.1) is 11.7 Å². The molecule has 4 rings (SSSR count). The van der Waals surface area contributed by atoms with Gasteiger partial charge in [0.2, 0.25) is 5.91 Å². The zero-order chi connectivity index (χ0) is 19.0. The van der Waals surface area contributed by atoms with Crippen molar-refractivity contribution in [2.24, 2.45) is 5.41 Å². The molecule has 2 fully saturated rings. The fraction of sp³-hybridized carbons (Fsp3) is 0.400. The molecule has 0 bridgehead atoms. The number of carbonyl (C=O) groups excluding carboxylic acids is 2. The third kappa shape index (κ3) is 3.22. The van der Waals surface area contributed by atoms with E-state index < -0.39 is 17.0 Å². The molecule has 2 saturated heterocycles. The maximum atomic E-state index is 13.5. The summed E-state index contributed by atoms with van der Waals surface area (Å²) >= 11 is 0. The summed E-state index contributed by atoms with van der Waals surface area (Å²) in [5.74, 6) is -1.77.